The third kappa shape index (κ3) is 3.04. The lowest BCUT2D eigenvalue weighted by atomic mass is 9.88. The Kier molecular flexibility index (Phi) is 4.24. The van der Waals surface area contributed by atoms with Crippen molar-refractivity contribution in [1.29, 1.82) is 0 Å². The van der Waals surface area contributed by atoms with Gasteiger partial charge in [0.2, 0.25) is 5.13 Å². The molecule has 2 aromatic rings. The summed E-state index contributed by atoms with van der Waals surface area (Å²) in [5.41, 5.74) is 2.38. The van der Waals surface area contributed by atoms with E-state index >= 15 is 0 Å². The topological polar surface area (TPSA) is 76.1 Å². The van der Waals surface area contributed by atoms with Gasteiger partial charge in [0, 0.05) is 0 Å². The first-order valence-electron chi connectivity index (χ1n) is 7.22. The number of aromatic nitrogens is 2. The number of ether oxygens (including phenoxy) is 1. The van der Waals surface area contributed by atoms with Crippen LogP contribution in [0.4, 0.5) is 9.93 Å². The molecule has 1 saturated carbocycles. The van der Waals surface area contributed by atoms with Crippen molar-refractivity contribution in [3.05, 3.63) is 35.3 Å². The minimum atomic E-state index is -0.318. The molecule has 0 aliphatic heterocycles. The van der Waals surface area contributed by atoms with E-state index in [9.17, 15) is 4.79 Å². The van der Waals surface area contributed by atoms with Crippen molar-refractivity contribution in [3.8, 4) is 5.75 Å². The van der Waals surface area contributed by atoms with Gasteiger partial charge in [-0.15, -0.1) is 10.2 Å². The van der Waals surface area contributed by atoms with Gasteiger partial charge in [0.05, 0.1) is 12.6 Å². The summed E-state index contributed by atoms with van der Waals surface area (Å²) in [6.07, 6.45) is 4.07. The molecule has 22 heavy (non-hydrogen) atoms. The number of carbonyl (C=O) groups excluding carboxylic acids is 1. The molecular weight excluding hydrogens is 300 g/mol. The molecular formula is C15H18N4O2S. The molecule has 0 bridgehead atoms. The SMILES string of the molecule is COc1ccc(C2(NC(=O)Nc3nncs3)CCCC2)cc1. The van der Waals surface area contributed by atoms with Crippen LogP contribution in [-0.2, 0) is 5.54 Å². The Balaban J connectivity index is 1.77. The Labute approximate surface area is 132 Å². The minimum absolute atomic E-state index is 0.241. The molecule has 2 N–H and O–H groups in total. The molecule has 1 aliphatic rings. The van der Waals surface area contributed by atoms with E-state index in [2.05, 4.69) is 20.8 Å². The van der Waals surface area contributed by atoms with Crippen LogP contribution in [0.25, 0.3) is 0 Å². The molecule has 0 atom stereocenters. The van der Waals surface area contributed by atoms with Crippen LogP contribution in [0.3, 0.4) is 0 Å². The Hall–Kier alpha value is -2.15. The molecule has 0 unspecified atom stereocenters. The summed E-state index contributed by atoms with van der Waals surface area (Å²) in [7, 11) is 1.65. The van der Waals surface area contributed by atoms with Gasteiger partial charge in [-0.3, -0.25) is 5.32 Å². The van der Waals surface area contributed by atoms with E-state index in [0.717, 1.165) is 37.0 Å². The van der Waals surface area contributed by atoms with Crippen molar-refractivity contribution in [2.45, 2.75) is 31.2 Å². The second-order valence-electron chi connectivity index (χ2n) is 5.34. The molecule has 3 rings (SSSR count). The molecule has 1 aliphatic carbocycles. The van der Waals surface area contributed by atoms with Crippen LogP contribution in [0, 0.1) is 0 Å². The normalized spacial score (nSPS) is 16.2. The van der Waals surface area contributed by atoms with Crippen LogP contribution in [0.5, 0.6) is 5.75 Å². The first-order valence-corrected chi connectivity index (χ1v) is 8.10. The molecule has 1 aromatic heterocycles. The number of urea groups is 1. The fourth-order valence-corrected chi connectivity index (χ4v) is 3.39. The summed E-state index contributed by atoms with van der Waals surface area (Å²) in [4.78, 5) is 12.3. The molecule has 2 amide bonds. The Morgan fingerprint density at radius 3 is 2.59 bits per heavy atom. The Morgan fingerprint density at radius 2 is 2.00 bits per heavy atom. The van der Waals surface area contributed by atoms with Gasteiger partial charge in [0.1, 0.15) is 11.3 Å². The predicted octanol–water partition coefficient (Wildman–Crippen LogP) is 3.14. The van der Waals surface area contributed by atoms with Crippen molar-refractivity contribution in [2.75, 3.05) is 12.4 Å². The predicted molar refractivity (Wildman–Crippen MR) is 85.2 cm³/mol. The fraction of sp³-hybridized carbons (Fsp3) is 0.400. The van der Waals surface area contributed by atoms with E-state index in [1.165, 1.54) is 11.3 Å². The molecule has 6 nitrogen and oxygen atoms in total. The van der Waals surface area contributed by atoms with E-state index in [1.54, 1.807) is 12.6 Å². The van der Waals surface area contributed by atoms with Gasteiger partial charge < -0.3 is 10.1 Å². The molecule has 7 heteroatoms. The lowest BCUT2D eigenvalue weighted by Gasteiger charge is -2.31. The number of nitrogens with zero attached hydrogens (tertiary/aromatic N) is 2. The molecule has 1 fully saturated rings. The van der Waals surface area contributed by atoms with Gasteiger partial charge in [-0.1, -0.05) is 36.3 Å². The zero-order chi connectivity index (χ0) is 15.4. The van der Waals surface area contributed by atoms with Gasteiger partial charge >= 0.3 is 6.03 Å². The van der Waals surface area contributed by atoms with E-state index in [1.807, 2.05) is 24.3 Å². The number of carbonyl (C=O) groups is 1. The van der Waals surface area contributed by atoms with Crippen molar-refractivity contribution in [3.63, 3.8) is 0 Å². The smallest absolute Gasteiger partial charge is 0.321 e. The van der Waals surface area contributed by atoms with E-state index < -0.39 is 0 Å². The summed E-state index contributed by atoms with van der Waals surface area (Å²) >= 11 is 1.30. The lowest BCUT2D eigenvalue weighted by Crippen LogP contribution is -2.45. The molecule has 1 aromatic carbocycles. The van der Waals surface area contributed by atoms with Crippen LogP contribution < -0.4 is 15.4 Å². The van der Waals surface area contributed by atoms with Crippen LogP contribution in [0.1, 0.15) is 31.2 Å². The molecule has 0 saturated heterocycles. The first kappa shape index (κ1) is 14.8. The van der Waals surface area contributed by atoms with Crippen LogP contribution >= 0.6 is 11.3 Å². The van der Waals surface area contributed by atoms with Crippen molar-refractivity contribution < 1.29 is 9.53 Å². The third-order valence-electron chi connectivity index (χ3n) is 4.03. The van der Waals surface area contributed by atoms with Crippen molar-refractivity contribution in [1.82, 2.24) is 15.5 Å². The Bertz CT molecular complexity index is 622. The largest absolute Gasteiger partial charge is 0.497 e. The number of benzene rings is 1. The summed E-state index contributed by atoms with van der Waals surface area (Å²) in [5.74, 6) is 0.815. The molecule has 1 heterocycles. The minimum Gasteiger partial charge on any atom is -0.497 e. The highest BCUT2D eigenvalue weighted by atomic mass is 32.1. The third-order valence-corrected chi connectivity index (χ3v) is 4.64. The number of hydrogen-bond donors (Lipinski definition) is 2. The highest BCUT2D eigenvalue weighted by molar-refractivity contribution is 7.13. The number of amides is 2. The number of rotatable bonds is 4. The quantitative estimate of drug-likeness (QED) is 0.908. The summed E-state index contributed by atoms with van der Waals surface area (Å²) in [6.45, 7) is 0. The lowest BCUT2D eigenvalue weighted by molar-refractivity contribution is 0.236. The van der Waals surface area contributed by atoms with E-state index in [-0.39, 0.29) is 11.6 Å². The van der Waals surface area contributed by atoms with Crippen molar-refractivity contribution in [2.24, 2.45) is 0 Å². The highest BCUT2D eigenvalue weighted by Crippen LogP contribution is 2.39. The maximum atomic E-state index is 12.3. The van der Waals surface area contributed by atoms with Gasteiger partial charge in [-0.25, -0.2) is 4.79 Å². The van der Waals surface area contributed by atoms with E-state index in [4.69, 9.17) is 4.74 Å². The van der Waals surface area contributed by atoms with Gasteiger partial charge in [0.15, 0.2) is 0 Å². The van der Waals surface area contributed by atoms with Crippen LogP contribution in [0.2, 0.25) is 0 Å². The zero-order valence-electron chi connectivity index (χ0n) is 12.3. The number of hydrogen-bond acceptors (Lipinski definition) is 5. The molecule has 116 valence electrons. The fourth-order valence-electron chi connectivity index (χ4n) is 2.95. The average molecular weight is 318 g/mol. The summed E-state index contributed by atoms with van der Waals surface area (Å²) < 4.78 is 5.20. The standard InChI is InChI=1S/C15H18N4O2S/c1-21-12-6-4-11(5-7-12)15(8-2-3-9-15)18-13(20)17-14-19-16-10-22-14/h4-7,10H,2-3,8-9H2,1H3,(H2,17,18,19,20). The van der Waals surface area contributed by atoms with E-state index in [0.29, 0.717) is 5.13 Å². The second kappa shape index (κ2) is 6.31. The molecule has 0 radical (unpaired) electrons. The zero-order valence-corrected chi connectivity index (χ0v) is 13.2. The van der Waals surface area contributed by atoms with Crippen molar-refractivity contribution >= 4 is 22.5 Å². The average Bonchev–Trinajstić information content (AvgIpc) is 3.20. The number of methoxy groups -OCH3 is 1. The number of anilines is 1. The second-order valence-corrected chi connectivity index (χ2v) is 6.17. The highest BCUT2D eigenvalue weighted by Gasteiger charge is 2.37. The first-order chi connectivity index (χ1) is 10.7. The Morgan fingerprint density at radius 1 is 1.27 bits per heavy atom. The number of nitrogens with one attached hydrogen (secondary N) is 2. The maximum Gasteiger partial charge on any atom is 0.321 e. The van der Waals surface area contributed by atoms with Gasteiger partial charge in [-0.05, 0) is 30.5 Å². The van der Waals surface area contributed by atoms with Crippen LogP contribution in [0.15, 0.2) is 29.8 Å². The van der Waals surface area contributed by atoms with Gasteiger partial charge in [0.25, 0.3) is 0 Å². The summed E-state index contributed by atoms with van der Waals surface area (Å²) in [6, 6.07) is 7.67. The molecule has 0 spiro atoms. The monoisotopic (exact) mass is 318 g/mol. The van der Waals surface area contributed by atoms with Crippen LogP contribution in [-0.4, -0.2) is 23.3 Å². The summed E-state index contributed by atoms with van der Waals surface area (Å²) in [5, 5.41) is 13.9. The van der Waals surface area contributed by atoms with Gasteiger partial charge in [-0.2, -0.15) is 0 Å². The maximum absolute atomic E-state index is 12.3.